The highest BCUT2D eigenvalue weighted by atomic mass is 28.3. The Bertz CT molecular complexity index is 2150. The Balaban J connectivity index is 1.29. The average Bonchev–Trinajstić information content (AvgIpc) is 3.24. The lowest BCUT2D eigenvalue weighted by Crippen LogP contribution is -2.66. The highest BCUT2D eigenvalue weighted by Crippen LogP contribution is 2.19. The van der Waals surface area contributed by atoms with E-state index in [2.05, 4.69) is 218 Å². The molecule has 0 unspecified atom stereocenters. The summed E-state index contributed by atoms with van der Waals surface area (Å²) < 4.78 is 11.4. The average molecular weight is 721 g/mol. The second-order valence-corrected chi connectivity index (χ2v) is 20.5. The molecular weight excluding hydrogens is 677 g/mol. The molecule has 0 bridgehead atoms. The van der Waals surface area contributed by atoms with Gasteiger partial charge in [-0.3, -0.25) is 0 Å². The van der Waals surface area contributed by atoms with Gasteiger partial charge < -0.3 is 9.47 Å². The highest BCUT2D eigenvalue weighted by molar-refractivity contribution is 7.15. The van der Waals surface area contributed by atoms with Gasteiger partial charge in [0.15, 0.2) is 16.1 Å². The van der Waals surface area contributed by atoms with Crippen LogP contribution in [0.2, 0.25) is 0 Å². The molecule has 260 valence electrons. The van der Waals surface area contributed by atoms with Crippen LogP contribution in [0.15, 0.2) is 206 Å². The van der Waals surface area contributed by atoms with E-state index < -0.39 is 16.1 Å². The van der Waals surface area contributed by atoms with Crippen LogP contribution >= 0.6 is 0 Å². The molecule has 0 fully saturated rings. The molecule has 0 aliphatic rings. The molecule has 0 radical (unpaired) electrons. The normalized spacial score (nSPS) is 11.9. The SMILES string of the molecule is CCOc1ccc([Si](C=Cc2ccc(C=C[Si](c3ccccc3)(c3ccccc3)c3ccc(OC)cc3)cc2)(c2ccccc2)c2ccccc2)cc1. The van der Waals surface area contributed by atoms with Gasteiger partial charge in [0.05, 0.1) is 13.7 Å². The quantitative estimate of drug-likeness (QED) is 0.0906. The molecule has 0 atom stereocenters. The number of ether oxygens (including phenoxy) is 2. The lowest BCUT2D eigenvalue weighted by atomic mass is 10.1. The molecule has 0 heterocycles. The molecule has 0 N–H and O–H groups in total. The molecule has 7 aromatic carbocycles. The summed E-state index contributed by atoms with van der Waals surface area (Å²) in [7, 11) is -3.43. The zero-order chi connectivity index (χ0) is 36.4. The summed E-state index contributed by atoms with van der Waals surface area (Å²) in [5, 5.41) is 7.98. The van der Waals surface area contributed by atoms with Gasteiger partial charge in [-0.25, -0.2) is 0 Å². The number of hydrogen-bond donors (Lipinski definition) is 0. The molecule has 7 rings (SSSR count). The maximum Gasteiger partial charge on any atom is 0.172 e. The van der Waals surface area contributed by atoms with Gasteiger partial charge in [-0.05, 0) is 73.4 Å². The van der Waals surface area contributed by atoms with Gasteiger partial charge in [-0.15, -0.1) is 0 Å². The van der Waals surface area contributed by atoms with Crippen molar-refractivity contribution in [3.8, 4) is 11.5 Å². The van der Waals surface area contributed by atoms with Crippen LogP contribution < -0.4 is 40.6 Å². The predicted octanol–water partition coefficient (Wildman–Crippen LogP) is 7.54. The Kier molecular flexibility index (Phi) is 11.1. The molecule has 0 saturated heterocycles. The summed E-state index contributed by atoms with van der Waals surface area (Å²) in [5.74, 6) is 1.76. The Morgan fingerprint density at radius 1 is 0.377 bits per heavy atom. The van der Waals surface area contributed by atoms with Crippen molar-refractivity contribution in [3.63, 3.8) is 0 Å². The van der Waals surface area contributed by atoms with E-state index in [9.17, 15) is 0 Å². The smallest absolute Gasteiger partial charge is 0.172 e. The zero-order valence-electron chi connectivity index (χ0n) is 30.3. The number of benzene rings is 7. The van der Waals surface area contributed by atoms with Crippen LogP contribution in [-0.4, -0.2) is 29.9 Å². The van der Waals surface area contributed by atoms with Crippen molar-refractivity contribution in [1.82, 2.24) is 0 Å². The van der Waals surface area contributed by atoms with E-state index in [1.807, 2.05) is 6.92 Å². The third-order valence-corrected chi connectivity index (χ3v) is 18.9. The second-order valence-electron chi connectivity index (χ2n) is 13.1. The third-order valence-electron chi connectivity index (χ3n) is 10.1. The van der Waals surface area contributed by atoms with Crippen LogP contribution in [0.3, 0.4) is 0 Å². The maximum atomic E-state index is 5.84. The van der Waals surface area contributed by atoms with Gasteiger partial charge in [-0.1, -0.05) is 193 Å². The van der Waals surface area contributed by atoms with E-state index in [0.717, 1.165) is 11.5 Å². The van der Waals surface area contributed by atoms with E-state index in [0.29, 0.717) is 6.61 Å². The fourth-order valence-corrected chi connectivity index (χ4v) is 15.7. The lowest BCUT2D eigenvalue weighted by Gasteiger charge is -2.31. The highest BCUT2D eigenvalue weighted by Gasteiger charge is 2.38. The summed E-state index contributed by atoms with van der Waals surface area (Å²) in [5.41, 5.74) is 7.31. The second kappa shape index (κ2) is 16.6. The van der Waals surface area contributed by atoms with Gasteiger partial charge in [0, 0.05) is 0 Å². The maximum absolute atomic E-state index is 5.84. The molecule has 0 saturated carbocycles. The molecule has 0 amide bonds. The fourth-order valence-electron chi connectivity index (χ4n) is 7.38. The number of methoxy groups -OCH3 is 1. The molecule has 0 aromatic heterocycles. The van der Waals surface area contributed by atoms with Crippen molar-refractivity contribution in [2.24, 2.45) is 0 Å². The first-order valence-electron chi connectivity index (χ1n) is 18.2. The minimum absolute atomic E-state index is 0.646. The molecule has 0 aliphatic heterocycles. The Hall–Kier alpha value is -5.95. The fraction of sp³-hybridized carbons (Fsp3) is 0.0612. The number of rotatable bonds is 13. The minimum atomic E-state index is -2.58. The van der Waals surface area contributed by atoms with Crippen LogP contribution in [0, 0.1) is 0 Å². The number of hydrogen-bond acceptors (Lipinski definition) is 2. The monoisotopic (exact) mass is 720 g/mol. The summed E-state index contributed by atoms with van der Waals surface area (Å²) in [6.45, 7) is 2.67. The van der Waals surface area contributed by atoms with Crippen molar-refractivity contribution in [3.05, 3.63) is 217 Å². The van der Waals surface area contributed by atoms with Crippen LogP contribution in [0.4, 0.5) is 0 Å². The Morgan fingerprint density at radius 2 is 0.679 bits per heavy atom. The third kappa shape index (κ3) is 7.52. The zero-order valence-corrected chi connectivity index (χ0v) is 32.3. The Morgan fingerprint density at radius 3 is 0.981 bits per heavy atom. The molecule has 2 nitrogen and oxygen atoms in total. The van der Waals surface area contributed by atoms with Crippen molar-refractivity contribution >= 4 is 59.4 Å². The first-order valence-corrected chi connectivity index (χ1v) is 22.4. The van der Waals surface area contributed by atoms with E-state index >= 15 is 0 Å². The molecule has 7 aromatic rings. The van der Waals surface area contributed by atoms with Crippen LogP contribution in [0.1, 0.15) is 18.1 Å². The van der Waals surface area contributed by atoms with Crippen molar-refractivity contribution < 1.29 is 9.47 Å². The summed E-state index contributed by atoms with van der Waals surface area (Å²) in [6.07, 6.45) is 4.64. The van der Waals surface area contributed by atoms with Crippen molar-refractivity contribution in [1.29, 1.82) is 0 Å². The van der Waals surface area contributed by atoms with Crippen LogP contribution in [0.25, 0.3) is 12.2 Å². The minimum Gasteiger partial charge on any atom is -0.497 e. The largest absolute Gasteiger partial charge is 0.497 e. The van der Waals surface area contributed by atoms with Crippen LogP contribution in [-0.2, 0) is 0 Å². The van der Waals surface area contributed by atoms with Crippen molar-refractivity contribution in [2.45, 2.75) is 6.92 Å². The van der Waals surface area contributed by atoms with Gasteiger partial charge in [-0.2, -0.15) is 0 Å². The van der Waals surface area contributed by atoms with E-state index in [1.165, 1.54) is 42.2 Å². The summed E-state index contributed by atoms with van der Waals surface area (Å²) in [4.78, 5) is 0. The van der Waals surface area contributed by atoms with E-state index in [4.69, 9.17) is 9.47 Å². The van der Waals surface area contributed by atoms with E-state index in [1.54, 1.807) is 7.11 Å². The molecule has 0 spiro atoms. The van der Waals surface area contributed by atoms with Gasteiger partial charge in [0.1, 0.15) is 11.5 Å². The summed E-state index contributed by atoms with van der Waals surface area (Å²) in [6, 6.07) is 70.2. The lowest BCUT2D eigenvalue weighted by molar-refractivity contribution is 0.340. The Labute approximate surface area is 316 Å². The summed E-state index contributed by atoms with van der Waals surface area (Å²) >= 11 is 0. The first-order chi connectivity index (χ1) is 26.2. The van der Waals surface area contributed by atoms with E-state index in [-0.39, 0.29) is 0 Å². The standard InChI is InChI=1S/C49H44O2Si2/c1-3-51-43-30-34-49(35-31-43)53(46-20-12-6-13-21-46,47-22-14-7-15-23-47)39-37-41-26-24-40(25-27-41)36-38-52(44-16-8-4-9-17-44,45-18-10-5-11-19-45)48-32-28-42(50-2)29-33-48/h4-39H,3H2,1-2H3. The molecule has 4 heteroatoms. The molecule has 53 heavy (non-hydrogen) atoms. The van der Waals surface area contributed by atoms with Gasteiger partial charge in [0.25, 0.3) is 0 Å². The van der Waals surface area contributed by atoms with Gasteiger partial charge in [0.2, 0.25) is 0 Å². The predicted molar refractivity (Wildman–Crippen MR) is 230 cm³/mol. The van der Waals surface area contributed by atoms with Gasteiger partial charge >= 0.3 is 0 Å². The first kappa shape index (κ1) is 35.5. The molecular formula is C49H44O2Si2. The topological polar surface area (TPSA) is 18.5 Å². The molecule has 0 aliphatic carbocycles. The van der Waals surface area contributed by atoms with Crippen molar-refractivity contribution in [2.75, 3.05) is 13.7 Å². The van der Waals surface area contributed by atoms with Crippen LogP contribution in [0.5, 0.6) is 11.5 Å².